The lowest BCUT2D eigenvalue weighted by Crippen LogP contribution is -2.47. The van der Waals surface area contributed by atoms with Crippen molar-refractivity contribution in [2.24, 2.45) is 5.92 Å². The third kappa shape index (κ3) is 4.99. The molecule has 2 N–H and O–H groups in total. The minimum Gasteiger partial charge on any atom is -0.459 e. The van der Waals surface area contributed by atoms with E-state index in [0.717, 1.165) is 23.4 Å². The maximum Gasteiger partial charge on any atom is 0.338 e. The standard InChI is InChI=1S/C27H31N3O3S/c1-5-30-17(4)23(26(32)33-16(2)3)24(29-27(30)34)19-11-13-20(14-12-19)28-25(31)22-15-21(22)18-9-7-6-8-10-18/h6-14,16,21-22,24H,5,15H2,1-4H3,(H,28,31)(H,29,34)/t21-,22-,24-/m1/s1. The number of nitrogens with zero attached hydrogens (tertiary/aromatic N) is 1. The number of hydrogen-bond acceptors (Lipinski definition) is 4. The van der Waals surface area contributed by atoms with Gasteiger partial charge in [-0.2, -0.15) is 0 Å². The number of nitrogens with one attached hydrogen (secondary N) is 2. The third-order valence-electron chi connectivity index (χ3n) is 6.34. The molecule has 0 spiro atoms. The van der Waals surface area contributed by atoms with Crippen LogP contribution in [0.25, 0.3) is 0 Å². The van der Waals surface area contributed by atoms with Gasteiger partial charge in [0.05, 0.1) is 17.7 Å². The second-order valence-electron chi connectivity index (χ2n) is 9.05. The quantitative estimate of drug-likeness (QED) is 0.436. The number of ether oxygens (including phenoxy) is 1. The summed E-state index contributed by atoms with van der Waals surface area (Å²) in [6, 6.07) is 17.3. The number of rotatable bonds is 7. The highest BCUT2D eigenvalue weighted by molar-refractivity contribution is 7.80. The predicted molar refractivity (Wildman–Crippen MR) is 137 cm³/mol. The minimum absolute atomic E-state index is 0.00229. The van der Waals surface area contributed by atoms with Crippen molar-refractivity contribution in [2.75, 3.05) is 11.9 Å². The fraction of sp³-hybridized carbons (Fsp3) is 0.370. The molecule has 1 fully saturated rings. The van der Waals surface area contributed by atoms with E-state index in [2.05, 4.69) is 22.8 Å². The lowest BCUT2D eigenvalue weighted by molar-refractivity contribution is -0.143. The molecule has 1 amide bonds. The molecule has 0 aromatic heterocycles. The van der Waals surface area contributed by atoms with Crippen LogP contribution in [0.5, 0.6) is 0 Å². The summed E-state index contributed by atoms with van der Waals surface area (Å²) in [4.78, 5) is 27.6. The van der Waals surface area contributed by atoms with Crippen molar-refractivity contribution >= 4 is 34.9 Å². The number of carbonyl (C=O) groups is 2. The molecule has 1 saturated carbocycles. The summed E-state index contributed by atoms with van der Waals surface area (Å²) in [6.07, 6.45) is 0.647. The molecule has 0 saturated heterocycles. The Morgan fingerprint density at radius 2 is 1.79 bits per heavy atom. The highest BCUT2D eigenvalue weighted by atomic mass is 32.1. The molecule has 4 rings (SSSR count). The van der Waals surface area contributed by atoms with Crippen LogP contribution >= 0.6 is 12.2 Å². The summed E-state index contributed by atoms with van der Waals surface area (Å²) in [7, 11) is 0. The van der Waals surface area contributed by atoms with Crippen molar-refractivity contribution in [2.45, 2.75) is 52.2 Å². The lowest BCUT2D eigenvalue weighted by atomic mass is 9.94. The average Bonchev–Trinajstić information content (AvgIpc) is 3.61. The van der Waals surface area contributed by atoms with E-state index in [1.165, 1.54) is 5.56 Å². The zero-order valence-corrected chi connectivity index (χ0v) is 20.8. The smallest absolute Gasteiger partial charge is 0.338 e. The molecule has 0 bridgehead atoms. The number of amides is 1. The van der Waals surface area contributed by atoms with Crippen LogP contribution < -0.4 is 10.6 Å². The molecular weight excluding hydrogens is 446 g/mol. The van der Waals surface area contributed by atoms with E-state index in [9.17, 15) is 9.59 Å². The fourth-order valence-electron chi connectivity index (χ4n) is 4.50. The van der Waals surface area contributed by atoms with E-state index in [0.29, 0.717) is 17.2 Å². The molecule has 3 atom stereocenters. The number of thiocarbonyl (C=S) groups is 1. The zero-order chi connectivity index (χ0) is 24.4. The molecule has 7 heteroatoms. The van der Waals surface area contributed by atoms with Gasteiger partial charge in [-0.15, -0.1) is 0 Å². The molecule has 2 aliphatic rings. The maximum atomic E-state index is 13.0. The van der Waals surface area contributed by atoms with Gasteiger partial charge >= 0.3 is 5.97 Å². The topological polar surface area (TPSA) is 70.7 Å². The first-order valence-electron chi connectivity index (χ1n) is 11.8. The number of benzene rings is 2. The van der Waals surface area contributed by atoms with E-state index in [4.69, 9.17) is 17.0 Å². The number of esters is 1. The number of hydrogen-bond donors (Lipinski definition) is 2. The average molecular weight is 478 g/mol. The van der Waals surface area contributed by atoms with Crippen molar-refractivity contribution in [3.8, 4) is 0 Å². The van der Waals surface area contributed by atoms with Crippen LogP contribution in [0.15, 0.2) is 65.9 Å². The van der Waals surface area contributed by atoms with Gasteiger partial charge in [-0.1, -0.05) is 42.5 Å². The molecule has 1 aliphatic carbocycles. The summed E-state index contributed by atoms with van der Waals surface area (Å²) in [5.74, 6) is -0.0299. The van der Waals surface area contributed by atoms with Gasteiger partial charge < -0.3 is 20.3 Å². The maximum absolute atomic E-state index is 13.0. The SMILES string of the molecule is CCN1C(=S)N[C@H](c2ccc(NC(=O)[C@@H]3C[C@@H]3c3ccccc3)cc2)C(C(=O)OC(C)C)=C1C. The van der Waals surface area contributed by atoms with Crippen LogP contribution in [-0.4, -0.2) is 34.5 Å². The molecular formula is C27H31N3O3S. The van der Waals surface area contributed by atoms with Crippen LogP contribution in [0.4, 0.5) is 5.69 Å². The Kier molecular flexibility index (Phi) is 7.03. The van der Waals surface area contributed by atoms with Gasteiger partial charge in [0.2, 0.25) is 5.91 Å². The second-order valence-corrected chi connectivity index (χ2v) is 9.44. The molecule has 1 aliphatic heterocycles. The van der Waals surface area contributed by atoms with Crippen molar-refractivity contribution < 1.29 is 14.3 Å². The monoisotopic (exact) mass is 477 g/mol. The van der Waals surface area contributed by atoms with Crippen molar-refractivity contribution in [3.05, 3.63) is 77.0 Å². The normalized spacial score (nSPS) is 21.9. The zero-order valence-electron chi connectivity index (χ0n) is 20.0. The second kappa shape index (κ2) is 9.97. The van der Waals surface area contributed by atoms with Gasteiger partial charge in [-0.05, 0) is 75.5 Å². The van der Waals surface area contributed by atoms with E-state index in [-0.39, 0.29) is 29.8 Å². The van der Waals surface area contributed by atoms with Crippen molar-refractivity contribution in [1.29, 1.82) is 0 Å². The predicted octanol–water partition coefficient (Wildman–Crippen LogP) is 4.91. The Morgan fingerprint density at radius 1 is 1.12 bits per heavy atom. The Balaban J connectivity index is 1.49. The van der Waals surface area contributed by atoms with Crippen molar-refractivity contribution in [1.82, 2.24) is 10.2 Å². The molecule has 0 unspecified atom stereocenters. The van der Waals surface area contributed by atoms with Gasteiger partial charge in [0.15, 0.2) is 5.11 Å². The largest absolute Gasteiger partial charge is 0.459 e. The van der Waals surface area contributed by atoms with E-state index in [1.807, 2.05) is 75.1 Å². The summed E-state index contributed by atoms with van der Waals surface area (Å²) in [6.45, 7) is 8.21. The van der Waals surface area contributed by atoms with Gasteiger partial charge in [0.1, 0.15) is 0 Å². The molecule has 34 heavy (non-hydrogen) atoms. The third-order valence-corrected chi connectivity index (χ3v) is 6.68. The first-order valence-corrected chi connectivity index (χ1v) is 12.2. The van der Waals surface area contributed by atoms with Gasteiger partial charge in [0, 0.05) is 23.8 Å². The van der Waals surface area contributed by atoms with Crippen LogP contribution in [0, 0.1) is 5.92 Å². The van der Waals surface area contributed by atoms with Crippen LogP contribution in [0.3, 0.4) is 0 Å². The van der Waals surface area contributed by atoms with Crippen LogP contribution in [0.1, 0.15) is 57.2 Å². The van der Waals surface area contributed by atoms with Crippen LogP contribution in [0.2, 0.25) is 0 Å². The lowest BCUT2D eigenvalue weighted by Gasteiger charge is -2.37. The van der Waals surface area contributed by atoms with Gasteiger partial charge in [-0.25, -0.2) is 4.79 Å². The Bertz CT molecular complexity index is 1110. The molecule has 2 aromatic rings. The van der Waals surface area contributed by atoms with E-state index < -0.39 is 6.04 Å². The number of anilines is 1. The number of carbonyl (C=O) groups excluding carboxylic acids is 2. The molecule has 178 valence electrons. The van der Waals surface area contributed by atoms with E-state index >= 15 is 0 Å². The summed E-state index contributed by atoms with van der Waals surface area (Å²) >= 11 is 5.55. The Labute approximate surface area is 206 Å². The van der Waals surface area contributed by atoms with Gasteiger partial charge in [-0.3, -0.25) is 4.79 Å². The van der Waals surface area contributed by atoms with Gasteiger partial charge in [0.25, 0.3) is 0 Å². The van der Waals surface area contributed by atoms with E-state index in [1.54, 1.807) is 0 Å². The highest BCUT2D eigenvalue weighted by Crippen LogP contribution is 2.47. The Hall–Kier alpha value is -3.19. The summed E-state index contributed by atoms with van der Waals surface area (Å²) in [5, 5.41) is 6.90. The minimum atomic E-state index is -0.419. The summed E-state index contributed by atoms with van der Waals surface area (Å²) < 4.78 is 5.53. The highest BCUT2D eigenvalue weighted by Gasteiger charge is 2.43. The first-order chi connectivity index (χ1) is 16.3. The summed E-state index contributed by atoms with van der Waals surface area (Å²) in [5.41, 5.74) is 4.15. The van der Waals surface area contributed by atoms with Crippen molar-refractivity contribution in [3.63, 3.8) is 0 Å². The Morgan fingerprint density at radius 3 is 2.41 bits per heavy atom. The van der Waals surface area contributed by atoms with Crippen LogP contribution in [-0.2, 0) is 14.3 Å². The molecule has 6 nitrogen and oxygen atoms in total. The molecule has 1 heterocycles. The number of allylic oxidation sites excluding steroid dienone is 1. The fourth-order valence-corrected chi connectivity index (χ4v) is 4.89. The molecule has 0 radical (unpaired) electrons. The molecule has 2 aromatic carbocycles. The first kappa shape index (κ1) is 24.0.